The van der Waals surface area contributed by atoms with Crippen molar-refractivity contribution in [3.8, 4) is 5.75 Å². The van der Waals surface area contributed by atoms with Crippen LogP contribution in [0.25, 0.3) is 0 Å². The van der Waals surface area contributed by atoms with E-state index < -0.39 is 12.4 Å². The van der Waals surface area contributed by atoms with Gasteiger partial charge in [-0.15, -0.1) is 0 Å². The predicted molar refractivity (Wildman–Crippen MR) is 106 cm³/mol. The number of ether oxygens (including phenoxy) is 1. The van der Waals surface area contributed by atoms with Crippen molar-refractivity contribution in [1.82, 2.24) is 10.2 Å². The molecule has 0 atom stereocenters. The Morgan fingerprint density at radius 3 is 2.47 bits per heavy atom. The topological polar surface area (TPSA) is 70.7 Å². The van der Waals surface area contributed by atoms with Crippen LogP contribution >= 0.6 is 0 Å². The van der Waals surface area contributed by atoms with Crippen molar-refractivity contribution in [3.63, 3.8) is 0 Å². The van der Waals surface area contributed by atoms with Crippen LogP contribution in [0.2, 0.25) is 0 Å². The number of nitrogens with zero attached hydrogens (tertiary/aromatic N) is 1. The fourth-order valence-corrected chi connectivity index (χ4v) is 4.52. The third-order valence-electron chi connectivity index (χ3n) is 5.30. The molecule has 2 fully saturated rings. The number of carbonyl (C=O) groups excluding carboxylic acids is 2. The first-order valence-corrected chi connectivity index (χ1v) is 10.0. The van der Waals surface area contributed by atoms with Gasteiger partial charge in [0.05, 0.1) is 6.54 Å². The van der Waals surface area contributed by atoms with Gasteiger partial charge in [0.25, 0.3) is 0 Å². The van der Waals surface area contributed by atoms with Gasteiger partial charge in [-0.1, -0.05) is 0 Å². The Balaban J connectivity index is 1.39. The van der Waals surface area contributed by atoms with Gasteiger partial charge in [-0.05, 0) is 51.0 Å². The second-order valence-corrected chi connectivity index (χ2v) is 9.52. The van der Waals surface area contributed by atoms with Crippen molar-refractivity contribution in [3.05, 3.63) is 24.0 Å². The number of carbonyl (C=O) groups is 2. The quantitative estimate of drug-likeness (QED) is 0.700. The Hall–Kier alpha value is -2.29. The summed E-state index contributed by atoms with van der Waals surface area (Å²) < 4.78 is 42.3. The summed E-state index contributed by atoms with van der Waals surface area (Å²) in [5, 5.41) is 5.50. The number of hydrogen-bond donors (Lipinski definition) is 2. The summed E-state index contributed by atoms with van der Waals surface area (Å²) in [7, 11) is 0. The number of likely N-dealkylation sites (tertiary alicyclic amines) is 1. The summed E-state index contributed by atoms with van der Waals surface area (Å²) in [6, 6.07) is 3.06. The zero-order valence-corrected chi connectivity index (χ0v) is 17.4. The smallest absolute Gasteiger partial charge is 0.387 e. The maximum Gasteiger partial charge on any atom is 0.387 e. The number of benzene rings is 1. The maximum atomic E-state index is 13.5. The van der Waals surface area contributed by atoms with E-state index in [1.807, 2.05) is 20.8 Å². The normalized spacial score (nSPS) is 18.6. The zero-order valence-electron chi connectivity index (χ0n) is 17.4. The molecule has 0 unspecified atom stereocenters. The van der Waals surface area contributed by atoms with Crippen molar-refractivity contribution in [2.24, 2.45) is 11.3 Å². The van der Waals surface area contributed by atoms with Crippen LogP contribution in [0, 0.1) is 17.2 Å². The van der Waals surface area contributed by atoms with Crippen molar-refractivity contribution >= 4 is 17.5 Å². The average molecular weight is 427 g/mol. The molecule has 3 rings (SSSR count). The molecular weight excluding hydrogens is 399 g/mol. The lowest BCUT2D eigenvalue weighted by Crippen LogP contribution is -2.64. The molecule has 2 amide bonds. The van der Waals surface area contributed by atoms with Crippen LogP contribution in [-0.4, -0.2) is 48.5 Å². The van der Waals surface area contributed by atoms with E-state index in [2.05, 4.69) is 20.3 Å². The molecule has 1 spiro atoms. The van der Waals surface area contributed by atoms with Gasteiger partial charge in [-0.3, -0.25) is 14.5 Å². The van der Waals surface area contributed by atoms with Crippen LogP contribution in [0.5, 0.6) is 5.75 Å². The Bertz CT molecular complexity index is 796. The first kappa shape index (κ1) is 22.4. The van der Waals surface area contributed by atoms with Crippen molar-refractivity contribution < 1.29 is 27.5 Å². The Labute approximate surface area is 174 Å². The third kappa shape index (κ3) is 6.10. The third-order valence-corrected chi connectivity index (χ3v) is 5.30. The molecule has 2 aliphatic rings. The van der Waals surface area contributed by atoms with Gasteiger partial charge in [0.15, 0.2) is 0 Å². The molecule has 0 bridgehead atoms. The fraction of sp³-hybridized carbons (Fsp3) is 0.619. The van der Waals surface area contributed by atoms with Gasteiger partial charge in [0, 0.05) is 42.9 Å². The van der Waals surface area contributed by atoms with Crippen LogP contribution in [0.15, 0.2) is 18.2 Å². The second-order valence-electron chi connectivity index (χ2n) is 9.52. The number of amides is 2. The number of rotatable bonds is 7. The van der Waals surface area contributed by atoms with E-state index in [-0.39, 0.29) is 46.5 Å². The second kappa shape index (κ2) is 8.45. The summed E-state index contributed by atoms with van der Waals surface area (Å²) in [6.07, 6.45) is 2.09. The van der Waals surface area contributed by atoms with E-state index in [4.69, 9.17) is 0 Å². The fourth-order valence-electron chi connectivity index (χ4n) is 4.52. The molecule has 1 heterocycles. The van der Waals surface area contributed by atoms with Gasteiger partial charge in [-0.25, -0.2) is 4.39 Å². The van der Waals surface area contributed by atoms with Gasteiger partial charge >= 0.3 is 6.61 Å². The molecule has 9 heteroatoms. The number of anilines is 1. The van der Waals surface area contributed by atoms with E-state index in [9.17, 15) is 22.8 Å². The first-order chi connectivity index (χ1) is 13.9. The lowest BCUT2D eigenvalue weighted by Gasteiger charge is -2.59. The minimum Gasteiger partial charge on any atom is -0.435 e. The Morgan fingerprint density at radius 2 is 1.87 bits per heavy atom. The molecule has 6 nitrogen and oxygen atoms in total. The molecule has 1 aliphatic heterocycles. The number of hydrogen-bond acceptors (Lipinski definition) is 4. The lowest BCUT2D eigenvalue weighted by molar-refractivity contribution is -0.135. The highest BCUT2D eigenvalue weighted by atomic mass is 19.3. The average Bonchev–Trinajstić information content (AvgIpc) is 2.47. The first-order valence-electron chi connectivity index (χ1n) is 10.0. The van der Waals surface area contributed by atoms with Gasteiger partial charge < -0.3 is 15.4 Å². The number of alkyl halides is 2. The largest absolute Gasteiger partial charge is 0.435 e. The number of nitrogens with one attached hydrogen (secondary N) is 2. The highest BCUT2D eigenvalue weighted by Crippen LogP contribution is 2.52. The van der Waals surface area contributed by atoms with Crippen molar-refractivity contribution in [2.75, 3.05) is 25.0 Å². The maximum absolute atomic E-state index is 13.5. The van der Waals surface area contributed by atoms with Crippen molar-refractivity contribution in [2.45, 2.75) is 52.2 Å². The molecule has 1 aromatic carbocycles. The number of halogens is 3. The van der Waals surface area contributed by atoms with Gasteiger partial charge in [0.2, 0.25) is 11.8 Å². The predicted octanol–water partition coefficient (Wildman–Crippen LogP) is 3.38. The Kier molecular flexibility index (Phi) is 6.31. The van der Waals surface area contributed by atoms with Crippen LogP contribution in [-0.2, 0) is 9.59 Å². The summed E-state index contributed by atoms with van der Waals surface area (Å²) >= 11 is 0. The molecule has 0 radical (unpaired) electrons. The summed E-state index contributed by atoms with van der Waals surface area (Å²) in [4.78, 5) is 26.3. The zero-order chi connectivity index (χ0) is 22.1. The minimum atomic E-state index is -3.07. The summed E-state index contributed by atoms with van der Waals surface area (Å²) in [5.74, 6) is -1.16. The van der Waals surface area contributed by atoms with Gasteiger partial charge in [0.1, 0.15) is 11.6 Å². The molecule has 1 saturated carbocycles. The standard InChI is InChI=1S/C21H28F3N3O3/c1-20(2,3)26-18(29)10-27-11-21(12-27)8-13(9-21)4-17(28)25-15-5-14(22)6-16(7-15)30-19(23)24/h5-7,13,19H,4,8-12H2,1-3H3,(H,25,28)(H,26,29). The van der Waals surface area contributed by atoms with Crippen LogP contribution < -0.4 is 15.4 Å². The van der Waals surface area contributed by atoms with Gasteiger partial charge in [-0.2, -0.15) is 8.78 Å². The molecule has 1 aliphatic carbocycles. The van der Waals surface area contributed by atoms with Crippen LogP contribution in [0.3, 0.4) is 0 Å². The van der Waals surface area contributed by atoms with E-state index in [1.165, 1.54) is 6.07 Å². The summed E-state index contributed by atoms with van der Waals surface area (Å²) in [5.41, 5.74) is 0.0245. The SMILES string of the molecule is CC(C)(C)NC(=O)CN1CC2(CC(CC(=O)Nc3cc(F)cc(OC(F)F)c3)C2)C1. The highest BCUT2D eigenvalue weighted by molar-refractivity contribution is 5.91. The van der Waals surface area contributed by atoms with E-state index in [0.717, 1.165) is 38.1 Å². The molecule has 2 N–H and O–H groups in total. The lowest BCUT2D eigenvalue weighted by atomic mass is 9.57. The highest BCUT2D eigenvalue weighted by Gasteiger charge is 2.52. The molecule has 30 heavy (non-hydrogen) atoms. The van der Waals surface area contributed by atoms with E-state index in [0.29, 0.717) is 6.54 Å². The van der Waals surface area contributed by atoms with E-state index in [1.54, 1.807) is 0 Å². The van der Waals surface area contributed by atoms with Crippen LogP contribution in [0.1, 0.15) is 40.0 Å². The molecule has 1 aromatic rings. The molecular formula is C21H28F3N3O3. The monoisotopic (exact) mass is 427 g/mol. The molecule has 1 saturated heterocycles. The summed E-state index contributed by atoms with van der Waals surface area (Å²) in [6.45, 7) is 4.85. The van der Waals surface area contributed by atoms with E-state index >= 15 is 0 Å². The van der Waals surface area contributed by atoms with Crippen LogP contribution in [0.4, 0.5) is 18.9 Å². The van der Waals surface area contributed by atoms with Crippen molar-refractivity contribution in [1.29, 1.82) is 0 Å². The minimum absolute atomic E-state index is 0.0119. The molecule has 0 aromatic heterocycles. The molecule has 166 valence electrons. The Morgan fingerprint density at radius 1 is 1.20 bits per heavy atom.